The Balaban J connectivity index is 1.76. The number of hydrogen-bond acceptors (Lipinski definition) is 6. The molecule has 0 spiro atoms. The van der Waals surface area contributed by atoms with Crippen molar-refractivity contribution < 1.29 is 19.4 Å². The summed E-state index contributed by atoms with van der Waals surface area (Å²) in [6.07, 6.45) is -0.765. The van der Waals surface area contributed by atoms with Crippen molar-refractivity contribution in [2.45, 2.75) is 66.2 Å². The Labute approximate surface area is 252 Å². The lowest BCUT2D eigenvalue weighted by molar-refractivity contribution is -0.149. The van der Waals surface area contributed by atoms with Crippen molar-refractivity contribution in [3.63, 3.8) is 0 Å². The van der Waals surface area contributed by atoms with E-state index < -0.39 is 17.6 Å². The lowest BCUT2D eigenvalue weighted by atomic mass is 9.76. The smallest absolute Gasteiger partial charge is 0.347 e. The van der Waals surface area contributed by atoms with E-state index in [4.69, 9.17) is 4.74 Å². The molecule has 0 bridgehead atoms. The molecule has 1 aliphatic rings. The Morgan fingerprint density at radius 2 is 1.65 bits per heavy atom. The van der Waals surface area contributed by atoms with Crippen LogP contribution in [0, 0.1) is 34.6 Å². The molecule has 1 amide bonds. The average molecular weight is 579 g/mol. The molecule has 3 aromatic carbocycles. The molecular weight excluding hydrogens is 540 g/mol. The number of benzene rings is 3. The van der Waals surface area contributed by atoms with Crippen LogP contribution in [0.25, 0.3) is 0 Å². The highest BCUT2D eigenvalue weighted by atomic mass is 16.5. The summed E-state index contributed by atoms with van der Waals surface area (Å²) < 4.78 is 6.25. The first-order valence-corrected chi connectivity index (χ1v) is 14.6. The summed E-state index contributed by atoms with van der Waals surface area (Å²) in [5.74, 6) is -1.38. The van der Waals surface area contributed by atoms with E-state index in [9.17, 15) is 14.7 Å². The molecule has 0 aliphatic carbocycles. The lowest BCUT2D eigenvalue weighted by Gasteiger charge is -2.39. The van der Waals surface area contributed by atoms with Crippen LogP contribution in [-0.4, -0.2) is 39.6 Å². The SMILES string of the molecule is CCc1cccc([C@]2([C@H](Oc3nc(C)cc(C)n3)C(=O)O)NCC(=O)N(Cc3c(C)cc(C)cc3C)c3ccccc32)c1. The Morgan fingerprint density at radius 1 is 0.977 bits per heavy atom. The second-order valence-corrected chi connectivity index (χ2v) is 11.4. The highest BCUT2D eigenvalue weighted by Crippen LogP contribution is 2.43. The number of aromatic nitrogens is 2. The Hall–Kier alpha value is -4.56. The molecule has 1 aliphatic heterocycles. The number of carboxylic acid groups (broad SMARTS) is 1. The number of hydrogen-bond donors (Lipinski definition) is 2. The number of nitrogens with zero attached hydrogens (tertiary/aromatic N) is 3. The van der Waals surface area contributed by atoms with E-state index >= 15 is 0 Å². The first-order valence-electron chi connectivity index (χ1n) is 14.6. The molecule has 8 heteroatoms. The maximum Gasteiger partial charge on any atom is 0.347 e. The summed E-state index contributed by atoms with van der Waals surface area (Å²) in [5.41, 5.74) is 7.22. The quantitative estimate of drug-likeness (QED) is 0.285. The number of anilines is 1. The van der Waals surface area contributed by atoms with E-state index in [1.165, 1.54) is 0 Å². The number of rotatable bonds is 8. The molecule has 0 saturated carbocycles. The standard InChI is InChI=1S/C35H38N4O4/c1-7-26-11-10-12-27(18-26)35(32(33(41)42)43-34-37-24(5)17-25(6)38-34)29-13-8-9-14-30(29)39(31(40)19-36-35)20-28-22(3)15-21(2)16-23(28)4/h8-18,32,36H,7,19-20H2,1-6H3,(H,41,42)/t32-,35+/m1/s1. The number of fused-ring (bicyclic) bond motifs is 1. The Bertz CT molecular complexity index is 1660. The van der Waals surface area contributed by atoms with Crippen LogP contribution in [0.15, 0.2) is 66.7 Å². The van der Waals surface area contributed by atoms with Gasteiger partial charge in [0.2, 0.25) is 12.0 Å². The molecule has 5 rings (SSSR count). The van der Waals surface area contributed by atoms with Crippen LogP contribution in [0.4, 0.5) is 5.69 Å². The van der Waals surface area contributed by atoms with Gasteiger partial charge in [-0.05, 0) is 81.0 Å². The van der Waals surface area contributed by atoms with Gasteiger partial charge in [-0.2, -0.15) is 0 Å². The summed E-state index contributed by atoms with van der Waals surface area (Å²) in [5, 5.41) is 14.2. The van der Waals surface area contributed by atoms with Gasteiger partial charge in [-0.15, -0.1) is 0 Å². The minimum Gasteiger partial charge on any atom is -0.478 e. The van der Waals surface area contributed by atoms with Crippen LogP contribution >= 0.6 is 0 Å². The second kappa shape index (κ2) is 12.0. The highest BCUT2D eigenvalue weighted by molar-refractivity contribution is 5.97. The summed E-state index contributed by atoms with van der Waals surface area (Å²) in [6, 6.07) is 21.3. The minimum atomic E-state index is -1.52. The van der Waals surface area contributed by atoms with Crippen molar-refractivity contribution in [2.24, 2.45) is 0 Å². The van der Waals surface area contributed by atoms with Gasteiger partial charge < -0.3 is 14.7 Å². The predicted molar refractivity (Wildman–Crippen MR) is 166 cm³/mol. The number of para-hydroxylation sites is 1. The monoisotopic (exact) mass is 578 g/mol. The minimum absolute atomic E-state index is 0.0338. The number of aryl methyl sites for hydroxylation is 6. The average Bonchev–Trinajstić information content (AvgIpc) is 3.07. The zero-order valence-corrected chi connectivity index (χ0v) is 25.6. The first-order chi connectivity index (χ1) is 20.5. The van der Waals surface area contributed by atoms with Gasteiger partial charge in [-0.3, -0.25) is 10.1 Å². The van der Waals surface area contributed by atoms with Gasteiger partial charge in [-0.25, -0.2) is 14.8 Å². The summed E-state index contributed by atoms with van der Waals surface area (Å²) in [6.45, 7) is 12.1. The molecule has 8 nitrogen and oxygen atoms in total. The molecule has 43 heavy (non-hydrogen) atoms. The number of aliphatic carboxylic acids is 1. The molecule has 2 heterocycles. The molecule has 2 atom stereocenters. The molecule has 0 saturated heterocycles. The van der Waals surface area contributed by atoms with Gasteiger partial charge in [0, 0.05) is 22.6 Å². The van der Waals surface area contributed by atoms with Gasteiger partial charge >= 0.3 is 12.0 Å². The van der Waals surface area contributed by atoms with E-state index in [0.717, 1.165) is 34.2 Å². The summed E-state index contributed by atoms with van der Waals surface area (Å²) >= 11 is 0. The number of carbonyl (C=O) groups is 2. The third-order valence-electron chi connectivity index (χ3n) is 8.19. The highest BCUT2D eigenvalue weighted by Gasteiger charge is 2.52. The van der Waals surface area contributed by atoms with Gasteiger partial charge in [0.25, 0.3) is 0 Å². The second-order valence-electron chi connectivity index (χ2n) is 11.4. The van der Waals surface area contributed by atoms with Gasteiger partial charge in [-0.1, -0.05) is 67.1 Å². The van der Waals surface area contributed by atoms with Crippen molar-refractivity contribution in [2.75, 3.05) is 11.4 Å². The van der Waals surface area contributed by atoms with Crippen LogP contribution in [0.2, 0.25) is 0 Å². The zero-order chi connectivity index (χ0) is 30.9. The van der Waals surface area contributed by atoms with Crippen LogP contribution in [0.1, 0.15) is 57.3 Å². The molecule has 4 aromatic rings. The third kappa shape index (κ3) is 5.75. The maximum atomic E-state index is 14.0. The van der Waals surface area contributed by atoms with E-state index in [-0.39, 0.29) is 18.5 Å². The number of amides is 1. The number of nitrogens with one attached hydrogen (secondary N) is 1. The largest absolute Gasteiger partial charge is 0.478 e. The summed E-state index contributed by atoms with van der Waals surface area (Å²) in [4.78, 5) is 37.8. The van der Waals surface area contributed by atoms with Crippen molar-refractivity contribution in [1.82, 2.24) is 15.3 Å². The fraction of sp³-hybridized carbons (Fsp3) is 0.314. The molecule has 0 unspecified atom stereocenters. The Kier molecular flexibility index (Phi) is 8.33. The van der Waals surface area contributed by atoms with Crippen molar-refractivity contribution in [3.8, 4) is 6.01 Å². The van der Waals surface area contributed by atoms with Crippen LogP contribution < -0.4 is 15.0 Å². The van der Waals surface area contributed by atoms with E-state index in [1.54, 1.807) is 11.0 Å². The molecule has 0 radical (unpaired) electrons. The number of ether oxygens (including phenoxy) is 1. The molecule has 0 fully saturated rings. The van der Waals surface area contributed by atoms with Crippen LogP contribution in [0.5, 0.6) is 6.01 Å². The lowest BCUT2D eigenvalue weighted by Crippen LogP contribution is -2.58. The third-order valence-corrected chi connectivity index (χ3v) is 8.19. The van der Waals surface area contributed by atoms with Gasteiger partial charge in [0.15, 0.2) is 0 Å². The van der Waals surface area contributed by atoms with Gasteiger partial charge in [0.1, 0.15) is 5.54 Å². The molecule has 222 valence electrons. The van der Waals surface area contributed by atoms with E-state index in [0.29, 0.717) is 34.7 Å². The van der Waals surface area contributed by atoms with Crippen LogP contribution in [-0.2, 0) is 28.1 Å². The fourth-order valence-corrected chi connectivity index (χ4v) is 6.23. The number of carbonyl (C=O) groups excluding carboxylic acids is 1. The van der Waals surface area contributed by atoms with Crippen molar-refractivity contribution in [1.29, 1.82) is 0 Å². The molecular formula is C35H38N4O4. The number of carboxylic acids is 1. The van der Waals surface area contributed by atoms with E-state index in [1.807, 2.05) is 69.3 Å². The first kappa shape index (κ1) is 29.9. The predicted octanol–water partition coefficient (Wildman–Crippen LogP) is 5.49. The Morgan fingerprint density at radius 3 is 2.30 bits per heavy atom. The maximum absolute atomic E-state index is 14.0. The normalized spacial score (nSPS) is 17.3. The van der Waals surface area contributed by atoms with Crippen LogP contribution in [0.3, 0.4) is 0 Å². The summed E-state index contributed by atoms with van der Waals surface area (Å²) in [7, 11) is 0. The molecule has 2 N–H and O–H groups in total. The van der Waals surface area contributed by atoms with Gasteiger partial charge in [0.05, 0.1) is 13.1 Å². The van der Waals surface area contributed by atoms with E-state index in [2.05, 4.69) is 48.2 Å². The van der Waals surface area contributed by atoms with Crippen molar-refractivity contribution in [3.05, 3.63) is 117 Å². The van der Waals surface area contributed by atoms with Crippen molar-refractivity contribution >= 4 is 17.6 Å². The zero-order valence-electron chi connectivity index (χ0n) is 25.6. The fourth-order valence-electron chi connectivity index (χ4n) is 6.23. The topological polar surface area (TPSA) is 105 Å². The molecule has 1 aromatic heterocycles.